The lowest BCUT2D eigenvalue weighted by atomic mass is 10.0. The monoisotopic (exact) mass is 410 g/mol. The molecule has 2 aromatic rings. The minimum atomic E-state index is -0.732. The molecule has 0 atom stereocenters. The minimum Gasteiger partial charge on any atom is -0.276 e. The van der Waals surface area contributed by atoms with Gasteiger partial charge in [-0.15, -0.1) is 11.6 Å². The highest BCUT2D eigenvalue weighted by Gasteiger charge is 2.18. The SMILES string of the molecule is FC/C(CCl)=N\NC1=Nc2ccc(Cl)cc2C(c2ccccc2Cl)=NC1. The van der Waals surface area contributed by atoms with Crippen LogP contribution in [0.4, 0.5) is 10.1 Å². The average molecular weight is 412 g/mol. The zero-order chi connectivity index (χ0) is 18.5. The normalized spacial score (nSPS) is 14.2. The molecule has 8 heteroatoms. The molecule has 3 rings (SSSR count). The number of aliphatic imine (C=N–C) groups is 2. The zero-order valence-electron chi connectivity index (χ0n) is 13.5. The van der Waals surface area contributed by atoms with E-state index in [0.717, 1.165) is 11.1 Å². The standard InChI is InChI=1S/C18H14Cl3FN4/c19-8-12(9-22)25-26-17-10-23-18(13-3-1-2-4-15(13)21)14-7-11(20)5-6-16(14)24-17/h1-7H,8-10H2,(H,24,26)/b25-12-. The predicted molar refractivity (Wildman–Crippen MR) is 108 cm³/mol. The Morgan fingerprint density at radius 2 is 1.96 bits per heavy atom. The van der Waals surface area contributed by atoms with Gasteiger partial charge in [0.25, 0.3) is 0 Å². The zero-order valence-corrected chi connectivity index (χ0v) is 15.8. The largest absolute Gasteiger partial charge is 0.276 e. The second-order valence-electron chi connectivity index (χ2n) is 5.42. The highest BCUT2D eigenvalue weighted by molar-refractivity contribution is 6.36. The Kier molecular flexibility index (Phi) is 6.25. The third-order valence-electron chi connectivity index (χ3n) is 3.64. The molecule has 1 N–H and O–H groups in total. The van der Waals surface area contributed by atoms with E-state index in [1.54, 1.807) is 24.3 Å². The van der Waals surface area contributed by atoms with Crippen molar-refractivity contribution in [1.29, 1.82) is 0 Å². The quantitative estimate of drug-likeness (QED) is 0.428. The lowest BCUT2D eigenvalue weighted by Crippen LogP contribution is -2.23. The number of alkyl halides is 2. The first-order valence-electron chi connectivity index (χ1n) is 7.72. The summed E-state index contributed by atoms with van der Waals surface area (Å²) in [7, 11) is 0. The molecule has 1 aliphatic heterocycles. The molecule has 0 amide bonds. The van der Waals surface area contributed by atoms with E-state index in [2.05, 4.69) is 20.5 Å². The molecule has 0 fully saturated rings. The van der Waals surface area contributed by atoms with E-state index in [4.69, 9.17) is 34.8 Å². The van der Waals surface area contributed by atoms with Gasteiger partial charge in [0.05, 0.1) is 29.5 Å². The smallest absolute Gasteiger partial charge is 0.144 e. The van der Waals surface area contributed by atoms with Gasteiger partial charge in [-0.3, -0.25) is 10.4 Å². The average Bonchev–Trinajstić information content (AvgIpc) is 2.82. The van der Waals surface area contributed by atoms with Crippen LogP contribution in [0.5, 0.6) is 0 Å². The summed E-state index contributed by atoms with van der Waals surface area (Å²) in [6.45, 7) is -0.512. The van der Waals surface area contributed by atoms with Gasteiger partial charge in [0.1, 0.15) is 12.5 Å². The molecule has 2 aromatic carbocycles. The molecule has 0 saturated heterocycles. The number of hydrogen-bond donors (Lipinski definition) is 1. The van der Waals surface area contributed by atoms with Crippen molar-refractivity contribution in [1.82, 2.24) is 5.43 Å². The summed E-state index contributed by atoms with van der Waals surface area (Å²) in [5.41, 5.74) is 5.81. The fourth-order valence-electron chi connectivity index (χ4n) is 2.40. The minimum absolute atomic E-state index is 0.00286. The van der Waals surface area contributed by atoms with E-state index < -0.39 is 6.67 Å². The summed E-state index contributed by atoms with van der Waals surface area (Å²) in [6, 6.07) is 12.7. The van der Waals surface area contributed by atoms with Crippen LogP contribution in [0.1, 0.15) is 11.1 Å². The van der Waals surface area contributed by atoms with Gasteiger partial charge in [0.2, 0.25) is 0 Å². The fourth-order valence-corrected chi connectivity index (χ4v) is 2.93. The Balaban J connectivity index is 2.05. The second kappa shape index (κ2) is 8.62. The van der Waals surface area contributed by atoms with Crippen LogP contribution >= 0.6 is 34.8 Å². The molecule has 4 nitrogen and oxygen atoms in total. The number of benzene rings is 2. The third-order valence-corrected chi connectivity index (χ3v) is 4.51. The second-order valence-corrected chi connectivity index (χ2v) is 6.53. The predicted octanol–water partition coefficient (Wildman–Crippen LogP) is 5.03. The van der Waals surface area contributed by atoms with Crippen LogP contribution in [-0.2, 0) is 0 Å². The van der Waals surface area contributed by atoms with E-state index in [1.807, 2.05) is 18.2 Å². The third kappa shape index (κ3) is 4.23. The van der Waals surface area contributed by atoms with E-state index in [9.17, 15) is 4.39 Å². The molecule has 0 saturated carbocycles. The van der Waals surface area contributed by atoms with Crippen molar-refractivity contribution in [2.24, 2.45) is 15.1 Å². The number of hydrogen-bond acceptors (Lipinski definition) is 4. The van der Waals surface area contributed by atoms with Crippen LogP contribution in [0, 0.1) is 0 Å². The van der Waals surface area contributed by atoms with Gasteiger partial charge in [-0.1, -0.05) is 41.4 Å². The van der Waals surface area contributed by atoms with Crippen molar-refractivity contribution in [2.75, 3.05) is 19.1 Å². The van der Waals surface area contributed by atoms with E-state index in [1.165, 1.54) is 0 Å². The van der Waals surface area contributed by atoms with Crippen molar-refractivity contribution in [2.45, 2.75) is 0 Å². The maximum atomic E-state index is 12.8. The Bertz CT molecular complexity index is 903. The molecule has 0 unspecified atom stereocenters. The van der Waals surface area contributed by atoms with E-state index in [0.29, 0.717) is 27.3 Å². The van der Waals surface area contributed by atoms with Crippen molar-refractivity contribution in [3.63, 3.8) is 0 Å². The summed E-state index contributed by atoms with van der Waals surface area (Å²) in [5.74, 6) is 0.462. The molecule has 0 radical (unpaired) electrons. The van der Waals surface area contributed by atoms with Gasteiger partial charge in [-0.25, -0.2) is 9.38 Å². The molecule has 1 heterocycles. The van der Waals surface area contributed by atoms with Gasteiger partial charge in [-0.05, 0) is 24.3 Å². The number of rotatable bonds is 4. The molecule has 0 bridgehead atoms. The van der Waals surface area contributed by atoms with Gasteiger partial charge < -0.3 is 0 Å². The van der Waals surface area contributed by atoms with Crippen LogP contribution in [0.15, 0.2) is 57.6 Å². The highest BCUT2D eigenvalue weighted by atomic mass is 35.5. The molecule has 0 spiro atoms. The number of nitrogens with one attached hydrogen (secondary N) is 1. The maximum Gasteiger partial charge on any atom is 0.144 e. The first-order chi connectivity index (χ1) is 12.6. The van der Waals surface area contributed by atoms with E-state index >= 15 is 0 Å². The number of amidine groups is 1. The summed E-state index contributed by atoms with van der Waals surface area (Å²) in [6.07, 6.45) is 0. The van der Waals surface area contributed by atoms with Crippen molar-refractivity contribution in [3.8, 4) is 0 Å². The van der Waals surface area contributed by atoms with Crippen LogP contribution in [0.3, 0.4) is 0 Å². The van der Waals surface area contributed by atoms with E-state index in [-0.39, 0.29) is 18.1 Å². The van der Waals surface area contributed by atoms with Gasteiger partial charge in [0, 0.05) is 21.2 Å². The Morgan fingerprint density at radius 3 is 2.69 bits per heavy atom. The topological polar surface area (TPSA) is 49.1 Å². The Morgan fingerprint density at radius 1 is 1.15 bits per heavy atom. The summed E-state index contributed by atoms with van der Waals surface area (Å²) in [5, 5.41) is 5.08. The van der Waals surface area contributed by atoms with Crippen LogP contribution in [0.25, 0.3) is 0 Å². The summed E-state index contributed by atoms with van der Waals surface area (Å²) >= 11 is 18.1. The van der Waals surface area contributed by atoms with Gasteiger partial charge in [0.15, 0.2) is 0 Å². The first-order valence-corrected chi connectivity index (χ1v) is 9.01. The molecular weight excluding hydrogens is 398 g/mol. The van der Waals surface area contributed by atoms with Crippen LogP contribution in [0.2, 0.25) is 10.0 Å². The Labute approximate surface area is 165 Å². The fraction of sp³-hybridized carbons (Fsp3) is 0.167. The molecule has 0 aromatic heterocycles. The lowest BCUT2D eigenvalue weighted by molar-refractivity contribution is 0.578. The maximum absolute atomic E-state index is 12.8. The van der Waals surface area contributed by atoms with Crippen molar-refractivity contribution >= 4 is 57.7 Å². The number of nitrogens with zero attached hydrogens (tertiary/aromatic N) is 3. The first kappa shape index (κ1) is 18.8. The van der Waals surface area contributed by atoms with Crippen LogP contribution < -0.4 is 5.43 Å². The van der Waals surface area contributed by atoms with Crippen LogP contribution in [-0.4, -0.2) is 36.4 Å². The summed E-state index contributed by atoms with van der Waals surface area (Å²) < 4.78 is 12.8. The van der Waals surface area contributed by atoms with Gasteiger partial charge >= 0.3 is 0 Å². The number of fused-ring (bicyclic) bond motifs is 1. The molecule has 0 aliphatic carbocycles. The van der Waals surface area contributed by atoms with Crippen molar-refractivity contribution < 1.29 is 4.39 Å². The summed E-state index contributed by atoms with van der Waals surface area (Å²) in [4.78, 5) is 9.17. The van der Waals surface area contributed by atoms with Gasteiger partial charge in [-0.2, -0.15) is 5.10 Å². The number of halogens is 4. The number of hydrazone groups is 1. The molecular formula is C18H14Cl3FN4. The van der Waals surface area contributed by atoms with Crippen molar-refractivity contribution in [3.05, 3.63) is 63.6 Å². The molecule has 26 heavy (non-hydrogen) atoms. The lowest BCUT2D eigenvalue weighted by Gasteiger charge is -2.10. The Hall–Kier alpha value is -1.95. The highest BCUT2D eigenvalue weighted by Crippen LogP contribution is 2.30. The molecule has 134 valence electrons. The molecule has 1 aliphatic rings.